The van der Waals surface area contributed by atoms with Gasteiger partial charge in [-0.1, -0.05) is 17.7 Å². The van der Waals surface area contributed by atoms with Gasteiger partial charge < -0.3 is 10.6 Å². The van der Waals surface area contributed by atoms with Gasteiger partial charge in [0.05, 0.1) is 21.8 Å². The number of rotatable bonds is 6. The Morgan fingerprint density at radius 2 is 2.30 bits per heavy atom. The second-order valence-corrected chi connectivity index (χ2v) is 5.66. The van der Waals surface area contributed by atoms with Crippen LogP contribution >= 0.6 is 23.8 Å². The maximum absolute atomic E-state index is 10.7. The summed E-state index contributed by atoms with van der Waals surface area (Å²) in [5, 5.41) is 21.9. The van der Waals surface area contributed by atoms with Gasteiger partial charge in [0, 0.05) is 30.9 Å². The number of benzene rings is 1. The molecule has 0 atom stereocenters. The zero-order valence-electron chi connectivity index (χ0n) is 12.5. The van der Waals surface area contributed by atoms with Crippen LogP contribution in [0.1, 0.15) is 12.1 Å². The molecular formula is C14H16ClN5O2S. The summed E-state index contributed by atoms with van der Waals surface area (Å²) in [5.41, 5.74) is 1.53. The van der Waals surface area contributed by atoms with Crippen LogP contribution in [0.5, 0.6) is 0 Å². The van der Waals surface area contributed by atoms with Gasteiger partial charge in [0.1, 0.15) is 0 Å². The van der Waals surface area contributed by atoms with Crippen molar-refractivity contribution in [1.82, 2.24) is 15.1 Å². The van der Waals surface area contributed by atoms with E-state index >= 15 is 0 Å². The van der Waals surface area contributed by atoms with Gasteiger partial charge in [-0.25, -0.2) is 0 Å². The molecule has 0 aliphatic rings. The molecule has 0 aliphatic heterocycles. The largest absolute Gasteiger partial charge is 0.362 e. The average Bonchev–Trinajstić information content (AvgIpc) is 2.83. The van der Waals surface area contributed by atoms with Crippen molar-refractivity contribution in [3.05, 3.63) is 51.3 Å². The molecule has 7 nitrogen and oxygen atoms in total. The van der Waals surface area contributed by atoms with Gasteiger partial charge in [0.25, 0.3) is 5.69 Å². The number of halogens is 1. The van der Waals surface area contributed by atoms with E-state index in [0.29, 0.717) is 22.4 Å². The lowest BCUT2D eigenvalue weighted by atomic mass is 10.3. The molecule has 0 radical (unpaired) electrons. The third-order valence-corrected chi connectivity index (χ3v) is 3.81. The molecule has 0 spiro atoms. The smallest absolute Gasteiger partial charge is 0.271 e. The van der Waals surface area contributed by atoms with Crippen molar-refractivity contribution >= 4 is 40.3 Å². The number of aryl methyl sites for hydroxylation is 1. The molecule has 0 fully saturated rings. The van der Waals surface area contributed by atoms with Gasteiger partial charge in [-0.3, -0.25) is 14.8 Å². The summed E-state index contributed by atoms with van der Waals surface area (Å²) in [6, 6.07) is 6.19. The first-order valence-electron chi connectivity index (χ1n) is 6.94. The Morgan fingerprint density at radius 1 is 1.52 bits per heavy atom. The van der Waals surface area contributed by atoms with Crippen molar-refractivity contribution in [2.75, 3.05) is 11.9 Å². The summed E-state index contributed by atoms with van der Waals surface area (Å²) in [6.45, 7) is 3.29. The fourth-order valence-electron chi connectivity index (χ4n) is 1.95. The van der Waals surface area contributed by atoms with Crippen molar-refractivity contribution < 1.29 is 4.92 Å². The Balaban J connectivity index is 1.76. The Kier molecular flexibility index (Phi) is 5.89. The molecule has 1 aromatic heterocycles. The summed E-state index contributed by atoms with van der Waals surface area (Å²) < 4.78 is 1.83. The summed E-state index contributed by atoms with van der Waals surface area (Å²) in [6.07, 6.45) is 2.44. The fourth-order valence-corrected chi connectivity index (χ4v) is 2.31. The number of hydrogen-bond acceptors (Lipinski definition) is 4. The Morgan fingerprint density at radius 3 is 2.96 bits per heavy atom. The van der Waals surface area contributed by atoms with E-state index in [2.05, 4.69) is 15.7 Å². The van der Waals surface area contributed by atoms with Gasteiger partial charge in [-0.2, -0.15) is 5.10 Å². The number of nitrogens with one attached hydrogen (secondary N) is 2. The molecule has 1 heterocycles. The molecule has 1 aromatic carbocycles. The first-order chi connectivity index (χ1) is 11.0. The Bertz CT molecular complexity index is 719. The monoisotopic (exact) mass is 353 g/mol. The van der Waals surface area contributed by atoms with E-state index in [-0.39, 0.29) is 5.69 Å². The Labute approximate surface area is 143 Å². The van der Waals surface area contributed by atoms with E-state index in [9.17, 15) is 10.1 Å². The molecule has 0 unspecified atom stereocenters. The van der Waals surface area contributed by atoms with Gasteiger partial charge in [0.2, 0.25) is 0 Å². The molecular weight excluding hydrogens is 338 g/mol. The molecule has 2 N–H and O–H groups in total. The summed E-state index contributed by atoms with van der Waals surface area (Å²) >= 11 is 11.1. The van der Waals surface area contributed by atoms with Crippen LogP contribution in [0, 0.1) is 17.0 Å². The first kappa shape index (κ1) is 17.2. The summed E-state index contributed by atoms with van der Waals surface area (Å²) in [5.74, 6) is 0. The molecule has 0 aliphatic carbocycles. The maximum atomic E-state index is 10.7. The molecule has 0 saturated carbocycles. The zero-order valence-corrected chi connectivity index (χ0v) is 14.0. The van der Waals surface area contributed by atoms with E-state index in [1.54, 1.807) is 18.3 Å². The molecule has 0 saturated heterocycles. The number of aromatic nitrogens is 2. The predicted molar refractivity (Wildman–Crippen MR) is 93.9 cm³/mol. The van der Waals surface area contributed by atoms with Crippen LogP contribution in [0.15, 0.2) is 30.5 Å². The number of nitro groups is 1. The van der Waals surface area contributed by atoms with Crippen LogP contribution in [0.2, 0.25) is 5.02 Å². The third-order valence-electron chi connectivity index (χ3n) is 3.19. The minimum absolute atomic E-state index is 0.0174. The highest BCUT2D eigenvalue weighted by atomic mass is 35.5. The molecule has 2 aromatic rings. The number of anilines is 1. The minimum atomic E-state index is -0.445. The molecule has 0 amide bonds. The van der Waals surface area contributed by atoms with Crippen molar-refractivity contribution in [2.45, 2.75) is 19.9 Å². The van der Waals surface area contributed by atoms with Crippen LogP contribution in [0.4, 0.5) is 11.4 Å². The van der Waals surface area contributed by atoms with Crippen molar-refractivity contribution in [1.29, 1.82) is 0 Å². The molecule has 2 rings (SSSR count). The standard InChI is InChI=1S/C14H16ClN5O2S/c1-10-13(15)9-17-19(10)7-3-6-16-14(23)18-11-4-2-5-12(8-11)20(21)22/h2,4-5,8-9H,3,6-7H2,1H3,(H2,16,18,23). The molecule has 9 heteroatoms. The lowest BCUT2D eigenvalue weighted by Gasteiger charge is -2.11. The van der Waals surface area contributed by atoms with Gasteiger partial charge >= 0.3 is 0 Å². The number of thiocarbonyl (C=S) groups is 1. The second-order valence-electron chi connectivity index (χ2n) is 4.84. The van der Waals surface area contributed by atoms with Crippen LogP contribution in [-0.2, 0) is 6.54 Å². The predicted octanol–water partition coefficient (Wildman–Crippen LogP) is 3.13. The SMILES string of the molecule is Cc1c(Cl)cnn1CCCNC(=S)Nc1cccc([N+](=O)[O-])c1. The molecule has 23 heavy (non-hydrogen) atoms. The number of hydrogen-bond donors (Lipinski definition) is 2. The van der Waals surface area contributed by atoms with E-state index in [4.69, 9.17) is 23.8 Å². The van der Waals surface area contributed by atoms with Crippen LogP contribution in [0.3, 0.4) is 0 Å². The highest BCUT2D eigenvalue weighted by Gasteiger charge is 2.07. The van der Waals surface area contributed by atoms with E-state index in [1.165, 1.54) is 12.1 Å². The normalized spacial score (nSPS) is 10.3. The van der Waals surface area contributed by atoms with Gasteiger partial charge in [-0.15, -0.1) is 0 Å². The van der Waals surface area contributed by atoms with Crippen LogP contribution < -0.4 is 10.6 Å². The first-order valence-corrected chi connectivity index (χ1v) is 7.73. The van der Waals surface area contributed by atoms with Crippen molar-refractivity contribution in [3.63, 3.8) is 0 Å². The van der Waals surface area contributed by atoms with Gasteiger partial charge in [-0.05, 0) is 31.6 Å². The Hall–Kier alpha value is -2.19. The van der Waals surface area contributed by atoms with E-state index in [1.807, 2.05) is 11.6 Å². The maximum Gasteiger partial charge on any atom is 0.271 e. The lowest BCUT2D eigenvalue weighted by Crippen LogP contribution is -2.29. The highest BCUT2D eigenvalue weighted by molar-refractivity contribution is 7.80. The third kappa shape index (κ3) is 4.90. The average molecular weight is 354 g/mol. The van der Waals surface area contributed by atoms with E-state index < -0.39 is 4.92 Å². The second kappa shape index (κ2) is 7.89. The minimum Gasteiger partial charge on any atom is -0.362 e. The number of nitrogens with zero attached hydrogens (tertiary/aromatic N) is 3. The van der Waals surface area contributed by atoms with Crippen molar-refractivity contribution in [3.8, 4) is 0 Å². The number of non-ortho nitro benzene ring substituents is 1. The van der Waals surface area contributed by atoms with Crippen LogP contribution in [0.25, 0.3) is 0 Å². The van der Waals surface area contributed by atoms with Gasteiger partial charge in [0.15, 0.2) is 5.11 Å². The fraction of sp³-hybridized carbons (Fsp3) is 0.286. The lowest BCUT2D eigenvalue weighted by molar-refractivity contribution is -0.384. The van der Waals surface area contributed by atoms with E-state index in [0.717, 1.165) is 18.7 Å². The van der Waals surface area contributed by atoms with Crippen molar-refractivity contribution in [2.24, 2.45) is 0 Å². The zero-order chi connectivity index (χ0) is 16.8. The van der Waals surface area contributed by atoms with Crippen LogP contribution in [-0.4, -0.2) is 26.4 Å². The molecule has 122 valence electrons. The summed E-state index contributed by atoms with van der Waals surface area (Å²) in [4.78, 5) is 10.3. The molecule has 0 bridgehead atoms. The topological polar surface area (TPSA) is 85.0 Å². The summed E-state index contributed by atoms with van der Waals surface area (Å²) in [7, 11) is 0. The highest BCUT2D eigenvalue weighted by Crippen LogP contribution is 2.17. The quantitative estimate of drug-likeness (QED) is 0.359. The number of nitro benzene ring substituents is 1.